The fourth-order valence-electron chi connectivity index (χ4n) is 8.31. The van der Waals surface area contributed by atoms with Crippen LogP contribution in [0.1, 0.15) is 117 Å². The van der Waals surface area contributed by atoms with E-state index < -0.39 is 6.10 Å². The second kappa shape index (κ2) is 38.7. The highest BCUT2D eigenvalue weighted by atomic mass is 79.9. The summed E-state index contributed by atoms with van der Waals surface area (Å²) < 4.78 is 19.4. The molecule has 11 aromatic heterocycles. The number of ether oxygens (including phenoxy) is 2. The van der Waals surface area contributed by atoms with Gasteiger partial charge in [0, 0.05) is 88.6 Å². The number of fused-ring (bicyclic) bond motifs is 4. The summed E-state index contributed by atoms with van der Waals surface area (Å²) in [6.07, 6.45) is 14.5. The molecule has 0 aliphatic carbocycles. The Kier molecular flexibility index (Phi) is 31.7. The van der Waals surface area contributed by atoms with Crippen LogP contribution < -0.4 is 27.3 Å². The van der Waals surface area contributed by atoms with Gasteiger partial charge in [-0.3, -0.25) is 22.4 Å². The van der Waals surface area contributed by atoms with Gasteiger partial charge >= 0.3 is 17.1 Å². The molecule has 11 heterocycles. The minimum atomic E-state index is -0.427. The van der Waals surface area contributed by atoms with Crippen LogP contribution in [0.15, 0.2) is 103 Å². The monoisotopic (exact) mass is 1460 g/mol. The summed E-state index contributed by atoms with van der Waals surface area (Å²) in [6.45, 7) is 18.4. The average molecular weight is 1460 g/mol. The van der Waals surface area contributed by atoms with E-state index in [0.29, 0.717) is 29.7 Å². The number of unbranched alkanes of at least 4 members (excludes halogenated alkanes) is 1. The van der Waals surface area contributed by atoms with Crippen molar-refractivity contribution in [2.45, 2.75) is 107 Å². The van der Waals surface area contributed by atoms with E-state index in [4.69, 9.17) is 20.3 Å². The Labute approximate surface area is 579 Å². The van der Waals surface area contributed by atoms with Gasteiger partial charge in [-0.2, -0.15) is 0 Å². The van der Waals surface area contributed by atoms with Crippen LogP contribution in [-0.4, -0.2) is 140 Å². The number of esters is 2. The second-order valence-electron chi connectivity index (χ2n) is 20.5. The largest absolute Gasteiger partial charge is 1.00 e. The van der Waals surface area contributed by atoms with Gasteiger partial charge in [0.2, 0.25) is 11.5 Å². The maximum Gasteiger partial charge on any atom is 0.384 e. The number of aromatic nitrogens is 11. The van der Waals surface area contributed by atoms with E-state index >= 15 is 0 Å². The van der Waals surface area contributed by atoms with Crippen LogP contribution in [0.3, 0.4) is 0 Å². The summed E-state index contributed by atoms with van der Waals surface area (Å²) in [6, 6.07) is 10.5. The number of aliphatic hydroxyl groups excluding tert-OH is 2. The molecule has 0 spiro atoms. The molecule has 0 radical (unpaired) electrons. The number of carbonyl (C=O) groups excluding carboxylic acids is 3. The number of nitrogen functional groups attached to an aromatic ring is 1. The topological polar surface area (TPSA) is 266 Å². The van der Waals surface area contributed by atoms with E-state index in [0.717, 1.165) is 113 Å². The first-order chi connectivity index (χ1) is 44.2. The molecule has 4 N–H and O–H groups in total. The third-order valence-corrected chi connectivity index (χ3v) is 19.1. The fraction of sp³-hybridized carbons (Fsp3) is 0.355. The maximum atomic E-state index is 11.5. The summed E-state index contributed by atoms with van der Waals surface area (Å²) in [5.74, 6) is -0.554. The SMILES string of the molecule is CCOC(=O)C[n+]1c(C)csc1N=CN(C)C.CCOC(=O)c1cnc2scc(C)n12.Cc1csc(N)n1.Cc1csc(N=CN(C)C)n1.Cc1csc2ncc(C(O)CCCCc3ccccc3)n12.Cc1csc2ncc(C=O)n12.Cc1csc2ncc(CO)n12.[Br-]. The summed E-state index contributed by atoms with van der Waals surface area (Å²) in [7, 11) is 7.67. The molecule has 31 heteroatoms. The molecule has 12 aromatic rings. The lowest BCUT2D eigenvalue weighted by molar-refractivity contribution is -0.674. The predicted octanol–water partition coefficient (Wildman–Crippen LogP) is 9.58. The van der Waals surface area contributed by atoms with Crippen LogP contribution in [-0.2, 0) is 33.8 Å². The Morgan fingerprint density at radius 1 is 0.656 bits per heavy atom. The molecule has 1 unspecified atom stereocenters. The van der Waals surface area contributed by atoms with Crippen molar-refractivity contribution in [3.8, 4) is 0 Å². The molecule has 0 saturated heterocycles. The fourth-order valence-corrected chi connectivity index (χ4v) is 13.7. The predicted molar refractivity (Wildman–Crippen MR) is 375 cm³/mol. The number of hydrogen-bond donors (Lipinski definition) is 3. The van der Waals surface area contributed by atoms with Crippen molar-refractivity contribution in [3.05, 3.63) is 161 Å². The zero-order valence-electron chi connectivity index (χ0n) is 54.2. The number of thiazole rings is 7. The van der Waals surface area contributed by atoms with Gasteiger partial charge in [-0.25, -0.2) is 49.1 Å². The Hall–Kier alpha value is -7.46. The van der Waals surface area contributed by atoms with E-state index in [2.05, 4.69) is 80.9 Å². The molecule has 498 valence electrons. The van der Waals surface area contributed by atoms with Gasteiger partial charge in [-0.05, 0) is 92.1 Å². The van der Waals surface area contributed by atoms with Gasteiger partial charge < -0.3 is 52.2 Å². The van der Waals surface area contributed by atoms with E-state index in [1.807, 2.05) is 136 Å². The van der Waals surface area contributed by atoms with Crippen molar-refractivity contribution < 1.29 is 55.6 Å². The van der Waals surface area contributed by atoms with Crippen LogP contribution in [0.2, 0.25) is 0 Å². The first-order valence-corrected chi connectivity index (χ1v) is 35.1. The highest BCUT2D eigenvalue weighted by Crippen LogP contribution is 2.26. The van der Waals surface area contributed by atoms with Crippen LogP contribution in [0, 0.1) is 48.5 Å². The summed E-state index contributed by atoms with van der Waals surface area (Å²) in [5, 5.41) is 35.5. The lowest BCUT2D eigenvalue weighted by Gasteiger charge is -2.10. The van der Waals surface area contributed by atoms with Gasteiger partial charge in [0.1, 0.15) is 11.4 Å². The van der Waals surface area contributed by atoms with Gasteiger partial charge in [-0.15, -0.1) is 68.0 Å². The number of imidazole rings is 4. The Bertz CT molecular complexity index is 4240. The van der Waals surface area contributed by atoms with Crippen molar-refractivity contribution in [2.24, 2.45) is 9.98 Å². The molecule has 0 bridgehead atoms. The molecule has 0 aliphatic heterocycles. The molecule has 1 atom stereocenters. The number of anilines is 1. The second-order valence-corrected chi connectivity index (χ2v) is 26.5. The molecule has 23 nitrogen and oxygen atoms in total. The van der Waals surface area contributed by atoms with Gasteiger partial charge in [0.15, 0.2) is 43.5 Å². The van der Waals surface area contributed by atoms with Crippen molar-refractivity contribution >= 4 is 145 Å². The van der Waals surface area contributed by atoms with E-state index in [1.165, 1.54) is 39.6 Å². The standard InChI is InChI=1S/C17H20N2OS.C11H18N3O2S.C9H10N2O2S.C7H11N3S.C7H8N2OS.C7H6N2OS.C4H6N2S.BrH/c1-13-12-21-17-18-11-15(19(13)17)16(20)10-6-5-9-14-7-3-2-4-8-14;1-5-16-10(15)6-14-9(2)7-17-11(14)12-8-13(3)4;1-3-13-8(12)7-4-10-9-11(7)6(2)5-14-9;1-6-4-11-7(9-6)8-5-10(2)3;2*1-5-4-11-7-8-2-6(3-10)9(5)7;1-3-2-7-4(5)6-3;/h2-4,7-8,11-12,16,20H,5-6,9-10H2,1H3;7-8H,5-6H2,1-4H3;4-5H,3H2,1-2H3;4-5H,1-3H3;2,4,10H,3H2,1H3;2-4H,1H3;2H,1H3,(H2,5,6);1H/q;+1;;;;;;/p-1. The molecule has 0 amide bonds. The minimum Gasteiger partial charge on any atom is -1.00 e. The smallest absolute Gasteiger partial charge is 0.384 e. The van der Waals surface area contributed by atoms with Crippen molar-refractivity contribution in [3.63, 3.8) is 0 Å². The van der Waals surface area contributed by atoms with Crippen LogP contribution in [0.5, 0.6) is 0 Å². The Morgan fingerprint density at radius 3 is 1.77 bits per heavy atom. The molecular formula is C62H79BrN16O7S7. The van der Waals surface area contributed by atoms with Crippen LogP contribution in [0.25, 0.3) is 19.8 Å². The van der Waals surface area contributed by atoms with Gasteiger partial charge in [-0.1, -0.05) is 48.1 Å². The normalized spacial score (nSPS) is 11.0. The lowest BCUT2D eigenvalue weighted by Crippen LogP contribution is -3.00. The number of aliphatic imine (C=N–C) groups is 2. The Morgan fingerprint density at radius 2 is 1.20 bits per heavy atom. The number of hydrogen-bond acceptors (Lipinski definition) is 23. The van der Waals surface area contributed by atoms with Crippen molar-refractivity contribution in [1.82, 2.24) is 57.3 Å². The third-order valence-electron chi connectivity index (χ3n) is 12.6. The van der Waals surface area contributed by atoms with Gasteiger partial charge in [0.25, 0.3) is 0 Å². The average Bonchev–Trinajstić information content (AvgIpc) is 1.68. The zero-order chi connectivity index (χ0) is 66.9. The number of nitrogens with two attached hydrogens (primary N) is 1. The number of nitrogens with zero attached hydrogens (tertiary/aromatic N) is 15. The van der Waals surface area contributed by atoms with Crippen LogP contribution >= 0.6 is 79.4 Å². The summed E-state index contributed by atoms with van der Waals surface area (Å²) in [5.41, 5.74) is 16.9. The number of carbonyl (C=O) groups is 3. The molecule has 93 heavy (non-hydrogen) atoms. The lowest BCUT2D eigenvalue weighted by atomic mass is 10.0. The first kappa shape index (κ1) is 76.3. The third kappa shape index (κ3) is 22.9. The molecule has 0 saturated carbocycles. The molecule has 0 fully saturated rings. The van der Waals surface area contributed by atoms with Crippen molar-refractivity contribution in [1.29, 1.82) is 0 Å². The number of rotatable bonds is 17. The number of halogens is 1. The number of aliphatic hydroxyl groups is 2. The minimum absolute atomic E-state index is 0. The van der Waals surface area contributed by atoms with Crippen molar-refractivity contribution in [2.75, 3.05) is 47.1 Å². The maximum absolute atomic E-state index is 11.5. The van der Waals surface area contributed by atoms with Gasteiger partial charge in [0.05, 0.1) is 79.8 Å². The highest BCUT2D eigenvalue weighted by Gasteiger charge is 2.20. The Balaban J connectivity index is 0.000000201. The molecule has 1 aromatic carbocycles. The zero-order valence-corrected chi connectivity index (χ0v) is 61.5. The number of aryl methyl sites for hydroxylation is 8. The number of aldehydes is 1. The molecule has 0 aliphatic rings. The first-order valence-electron chi connectivity index (χ1n) is 28.9. The molecule has 12 rings (SSSR count). The quantitative estimate of drug-likeness (QED) is 0.0191. The van der Waals surface area contributed by atoms with E-state index in [9.17, 15) is 19.5 Å². The molecular weight excluding hydrogens is 1390 g/mol. The summed E-state index contributed by atoms with van der Waals surface area (Å²) >= 11 is 10.8. The van der Waals surface area contributed by atoms with E-state index in [-0.39, 0.29) is 42.1 Å². The summed E-state index contributed by atoms with van der Waals surface area (Å²) in [4.78, 5) is 74.0. The van der Waals surface area contributed by atoms with E-state index in [1.54, 1.807) is 96.7 Å². The number of benzene rings is 1. The van der Waals surface area contributed by atoms with Crippen LogP contribution in [0.4, 0.5) is 15.4 Å². The highest BCUT2D eigenvalue weighted by molar-refractivity contribution is 7.16.